The molecule has 1 N–H and O–H groups in total. The summed E-state index contributed by atoms with van der Waals surface area (Å²) in [7, 11) is 0. The monoisotopic (exact) mass is 389 g/mol. The van der Waals surface area contributed by atoms with Gasteiger partial charge in [0.1, 0.15) is 12.1 Å². The Hall–Kier alpha value is -2.35. The van der Waals surface area contributed by atoms with E-state index in [2.05, 4.69) is 15.3 Å². The Balaban J connectivity index is 1.51. The molecule has 3 heterocycles. The lowest BCUT2D eigenvalue weighted by molar-refractivity contribution is -0.144. The van der Waals surface area contributed by atoms with Gasteiger partial charge in [-0.1, -0.05) is 0 Å². The van der Waals surface area contributed by atoms with Crippen molar-refractivity contribution in [1.82, 2.24) is 20.3 Å². The number of piperazine rings is 1. The number of nitrogens with one attached hydrogen (secondary N) is 1. The number of carbonyl (C=O) groups excluding carboxylic acids is 2. The van der Waals surface area contributed by atoms with E-state index in [0.29, 0.717) is 6.54 Å². The summed E-state index contributed by atoms with van der Waals surface area (Å²) in [5.41, 5.74) is 4.02. The number of ether oxygens (including phenoxy) is 1. The van der Waals surface area contributed by atoms with Crippen molar-refractivity contribution >= 4 is 17.7 Å². The Kier molecular flexibility index (Phi) is 6.07. The smallest absolute Gasteiger partial charge is 0.410 e. The van der Waals surface area contributed by atoms with Gasteiger partial charge in [0.15, 0.2) is 0 Å². The summed E-state index contributed by atoms with van der Waals surface area (Å²) in [6.45, 7) is 9.80. The predicted molar refractivity (Wildman–Crippen MR) is 107 cm³/mol. The Morgan fingerprint density at radius 2 is 1.86 bits per heavy atom. The van der Waals surface area contributed by atoms with E-state index >= 15 is 0 Å². The molecule has 2 fully saturated rings. The highest BCUT2D eigenvalue weighted by Gasteiger charge is 2.36. The normalized spacial score (nSPS) is 21.8. The highest BCUT2D eigenvalue weighted by Crippen LogP contribution is 2.20. The number of anilines is 1. The molecule has 8 nitrogen and oxygen atoms in total. The second kappa shape index (κ2) is 8.34. The van der Waals surface area contributed by atoms with E-state index in [4.69, 9.17) is 4.74 Å². The van der Waals surface area contributed by atoms with Crippen molar-refractivity contribution in [1.29, 1.82) is 0 Å². The molecule has 2 saturated heterocycles. The van der Waals surface area contributed by atoms with E-state index < -0.39 is 11.7 Å². The van der Waals surface area contributed by atoms with E-state index in [1.54, 1.807) is 5.01 Å². The first-order chi connectivity index (χ1) is 13.2. The van der Waals surface area contributed by atoms with Gasteiger partial charge in [-0.2, -0.15) is 0 Å². The van der Waals surface area contributed by atoms with Crippen LogP contribution in [0.15, 0.2) is 24.5 Å². The van der Waals surface area contributed by atoms with Gasteiger partial charge < -0.3 is 9.64 Å². The van der Waals surface area contributed by atoms with Gasteiger partial charge in [-0.25, -0.2) is 10.2 Å². The maximum atomic E-state index is 12.6. The SMILES string of the molecule is C[C@@H]1CN(C(=O)OC(C)(C)C)CC(=O)N1NC1CCN(c2ccncc2)CC1. The highest BCUT2D eigenvalue weighted by atomic mass is 16.6. The minimum absolute atomic E-state index is 0.0438. The fourth-order valence-corrected chi connectivity index (χ4v) is 3.63. The number of hydrogen-bond donors (Lipinski definition) is 1. The zero-order chi connectivity index (χ0) is 20.3. The molecular weight excluding hydrogens is 358 g/mol. The third kappa shape index (κ3) is 5.13. The van der Waals surface area contributed by atoms with Crippen molar-refractivity contribution in [3.63, 3.8) is 0 Å². The van der Waals surface area contributed by atoms with Crippen molar-refractivity contribution in [2.75, 3.05) is 31.1 Å². The molecule has 0 aliphatic carbocycles. The van der Waals surface area contributed by atoms with E-state index in [0.717, 1.165) is 25.9 Å². The predicted octanol–water partition coefficient (Wildman–Crippen LogP) is 2.02. The first-order valence-electron chi connectivity index (χ1n) is 9.94. The zero-order valence-electron chi connectivity index (χ0n) is 17.2. The van der Waals surface area contributed by atoms with Gasteiger partial charge in [0.2, 0.25) is 0 Å². The lowest BCUT2D eigenvalue weighted by atomic mass is 10.0. The van der Waals surface area contributed by atoms with Crippen LogP contribution in [0.4, 0.5) is 10.5 Å². The molecule has 0 aromatic carbocycles. The number of rotatable bonds is 3. The van der Waals surface area contributed by atoms with Crippen LogP contribution < -0.4 is 10.3 Å². The fraction of sp³-hybridized carbons (Fsp3) is 0.650. The summed E-state index contributed by atoms with van der Waals surface area (Å²) < 4.78 is 5.40. The summed E-state index contributed by atoms with van der Waals surface area (Å²) in [5, 5.41) is 1.70. The molecule has 3 rings (SSSR count). The molecule has 0 saturated carbocycles. The molecule has 0 radical (unpaired) electrons. The van der Waals surface area contributed by atoms with E-state index in [1.807, 2.05) is 52.2 Å². The standard InChI is InChI=1S/C20H31N5O3/c1-15-13-24(19(27)28-20(2,3)4)14-18(26)25(15)22-16-7-11-23(12-8-16)17-5-9-21-10-6-17/h5-6,9-10,15-16,22H,7-8,11-14H2,1-4H3/t15-/m1/s1. The number of piperidine rings is 1. The van der Waals surface area contributed by atoms with E-state index in [9.17, 15) is 9.59 Å². The van der Waals surface area contributed by atoms with Gasteiger partial charge in [-0.05, 0) is 52.7 Å². The maximum Gasteiger partial charge on any atom is 0.410 e. The lowest BCUT2D eigenvalue weighted by Crippen LogP contribution is -2.64. The van der Waals surface area contributed by atoms with E-state index in [-0.39, 0.29) is 24.5 Å². The number of hydrazine groups is 1. The van der Waals surface area contributed by atoms with Crippen molar-refractivity contribution in [2.24, 2.45) is 0 Å². The molecule has 0 bridgehead atoms. The average Bonchev–Trinajstić information content (AvgIpc) is 2.64. The van der Waals surface area contributed by atoms with Gasteiger partial charge in [0, 0.05) is 43.8 Å². The summed E-state index contributed by atoms with van der Waals surface area (Å²) in [6.07, 6.45) is 5.09. The van der Waals surface area contributed by atoms with Crippen LogP contribution >= 0.6 is 0 Å². The molecule has 28 heavy (non-hydrogen) atoms. The molecule has 0 unspecified atom stereocenters. The molecule has 2 aliphatic heterocycles. The molecule has 2 aliphatic rings. The molecule has 0 spiro atoms. The summed E-state index contributed by atoms with van der Waals surface area (Å²) in [4.78, 5) is 32.8. The summed E-state index contributed by atoms with van der Waals surface area (Å²) in [5.74, 6) is -0.0961. The first-order valence-corrected chi connectivity index (χ1v) is 9.94. The minimum atomic E-state index is -0.568. The third-order valence-corrected chi connectivity index (χ3v) is 5.02. The Morgan fingerprint density at radius 1 is 1.21 bits per heavy atom. The van der Waals surface area contributed by atoms with E-state index in [1.165, 1.54) is 10.6 Å². The second-order valence-corrected chi connectivity index (χ2v) is 8.57. The van der Waals surface area contributed by atoms with Crippen LogP contribution in [0.1, 0.15) is 40.5 Å². The fourth-order valence-electron chi connectivity index (χ4n) is 3.63. The van der Waals surface area contributed by atoms with Crippen molar-refractivity contribution < 1.29 is 14.3 Å². The second-order valence-electron chi connectivity index (χ2n) is 8.57. The van der Waals surface area contributed by atoms with Crippen LogP contribution in [0.25, 0.3) is 0 Å². The van der Waals surface area contributed by atoms with Gasteiger partial charge in [0.25, 0.3) is 5.91 Å². The first kappa shape index (κ1) is 20.4. The number of pyridine rings is 1. The molecule has 154 valence electrons. The molecule has 1 aromatic heterocycles. The number of amides is 2. The molecule has 8 heteroatoms. The number of carbonyl (C=O) groups is 2. The topological polar surface area (TPSA) is 78.0 Å². The van der Waals surface area contributed by atoms with Crippen LogP contribution in [0.3, 0.4) is 0 Å². The number of nitrogens with zero attached hydrogens (tertiary/aromatic N) is 4. The Labute approximate surface area is 166 Å². The number of hydrogen-bond acceptors (Lipinski definition) is 6. The van der Waals surface area contributed by atoms with Crippen LogP contribution in [0.2, 0.25) is 0 Å². The Morgan fingerprint density at radius 3 is 2.43 bits per heavy atom. The van der Waals surface area contributed by atoms with Gasteiger partial charge in [-0.3, -0.25) is 19.7 Å². The highest BCUT2D eigenvalue weighted by molar-refractivity contribution is 5.83. The van der Waals surface area contributed by atoms with Crippen LogP contribution in [-0.2, 0) is 9.53 Å². The van der Waals surface area contributed by atoms with Gasteiger partial charge in [-0.15, -0.1) is 0 Å². The lowest BCUT2D eigenvalue weighted by Gasteiger charge is -2.43. The van der Waals surface area contributed by atoms with Crippen LogP contribution in [-0.4, -0.2) is 70.8 Å². The van der Waals surface area contributed by atoms with Crippen molar-refractivity contribution in [3.8, 4) is 0 Å². The molecule has 1 aromatic rings. The zero-order valence-corrected chi connectivity index (χ0v) is 17.2. The number of aromatic nitrogens is 1. The Bertz CT molecular complexity index is 683. The largest absolute Gasteiger partial charge is 0.444 e. The van der Waals surface area contributed by atoms with Gasteiger partial charge >= 0.3 is 6.09 Å². The third-order valence-electron chi connectivity index (χ3n) is 5.02. The summed E-state index contributed by atoms with van der Waals surface area (Å²) in [6, 6.07) is 4.19. The van der Waals surface area contributed by atoms with Crippen molar-refractivity contribution in [2.45, 2.75) is 58.2 Å². The van der Waals surface area contributed by atoms with Crippen molar-refractivity contribution in [3.05, 3.63) is 24.5 Å². The van der Waals surface area contributed by atoms with Gasteiger partial charge in [0.05, 0.1) is 6.04 Å². The maximum absolute atomic E-state index is 12.6. The minimum Gasteiger partial charge on any atom is -0.444 e. The average molecular weight is 390 g/mol. The molecular formula is C20H31N5O3. The van der Waals surface area contributed by atoms with Crippen LogP contribution in [0, 0.1) is 0 Å². The van der Waals surface area contributed by atoms with Crippen LogP contribution in [0.5, 0.6) is 0 Å². The quantitative estimate of drug-likeness (QED) is 0.852. The molecule has 1 atom stereocenters. The summed E-state index contributed by atoms with van der Waals surface area (Å²) >= 11 is 0. The molecule has 2 amide bonds.